The molecule has 0 fully saturated rings. The van der Waals surface area contributed by atoms with Gasteiger partial charge in [0.05, 0.1) is 0 Å². The summed E-state index contributed by atoms with van der Waals surface area (Å²) in [5.74, 6) is 1.56. The van der Waals surface area contributed by atoms with Crippen molar-refractivity contribution in [2.45, 2.75) is 65.2 Å². The second kappa shape index (κ2) is 3.40. The van der Waals surface area contributed by atoms with Crippen molar-refractivity contribution in [3.8, 4) is 0 Å². The van der Waals surface area contributed by atoms with Crippen molar-refractivity contribution in [1.82, 2.24) is 0 Å². The molecule has 3 rings (SSSR count). The van der Waals surface area contributed by atoms with Gasteiger partial charge in [-0.15, -0.1) is 0 Å². The molecular formula is C18H26. The second-order valence-corrected chi connectivity index (χ2v) is 6.93. The van der Waals surface area contributed by atoms with Gasteiger partial charge in [-0.1, -0.05) is 66.5 Å². The van der Waals surface area contributed by atoms with E-state index in [2.05, 4.69) is 53.7 Å². The minimum absolute atomic E-state index is 0.396. The van der Waals surface area contributed by atoms with Gasteiger partial charge in [-0.05, 0) is 34.1 Å². The van der Waals surface area contributed by atoms with Gasteiger partial charge in [0.15, 0.2) is 0 Å². The molecule has 0 radical (unpaired) electrons. The molecule has 4 atom stereocenters. The van der Waals surface area contributed by atoms with Crippen LogP contribution in [0.3, 0.4) is 0 Å². The number of hydrogen-bond donors (Lipinski definition) is 0. The van der Waals surface area contributed by atoms with Crippen LogP contribution >= 0.6 is 0 Å². The summed E-state index contributed by atoms with van der Waals surface area (Å²) in [5, 5.41) is 0. The van der Waals surface area contributed by atoms with Crippen molar-refractivity contribution in [2.24, 2.45) is 11.8 Å². The zero-order valence-electron chi connectivity index (χ0n) is 12.7. The molecule has 1 aromatic carbocycles. The summed E-state index contributed by atoms with van der Waals surface area (Å²) < 4.78 is 0. The topological polar surface area (TPSA) is 0 Å². The molecule has 0 spiro atoms. The average Bonchev–Trinajstić information content (AvgIpc) is 3.22. The maximum absolute atomic E-state index is 2.46. The lowest BCUT2D eigenvalue weighted by Gasteiger charge is -2.21. The van der Waals surface area contributed by atoms with Crippen molar-refractivity contribution >= 4 is 0 Å². The Morgan fingerprint density at radius 2 is 1.17 bits per heavy atom. The summed E-state index contributed by atoms with van der Waals surface area (Å²) in [4.78, 5) is 0. The van der Waals surface area contributed by atoms with E-state index in [-0.39, 0.29) is 0 Å². The van der Waals surface area contributed by atoms with Gasteiger partial charge in [0.2, 0.25) is 0 Å². The first-order valence-electron chi connectivity index (χ1n) is 7.62. The fourth-order valence-corrected chi connectivity index (χ4v) is 4.14. The van der Waals surface area contributed by atoms with E-state index in [1.54, 1.807) is 22.3 Å². The monoisotopic (exact) mass is 242 g/mol. The highest BCUT2D eigenvalue weighted by Crippen LogP contribution is 2.68. The molecule has 2 aliphatic carbocycles. The van der Waals surface area contributed by atoms with Gasteiger partial charge in [0, 0.05) is 10.8 Å². The largest absolute Gasteiger partial charge is 0.0651 e. The maximum atomic E-state index is 2.46. The third-order valence-corrected chi connectivity index (χ3v) is 6.43. The lowest BCUT2D eigenvalue weighted by Crippen LogP contribution is -2.17. The van der Waals surface area contributed by atoms with Gasteiger partial charge in [0.25, 0.3) is 0 Å². The van der Waals surface area contributed by atoms with Crippen LogP contribution in [0, 0.1) is 11.8 Å². The smallest absolute Gasteiger partial charge is 0.0209 e. The molecule has 18 heavy (non-hydrogen) atoms. The number of hydrogen-bond acceptors (Lipinski definition) is 0. The van der Waals surface area contributed by atoms with Crippen LogP contribution in [-0.4, -0.2) is 0 Å². The average molecular weight is 242 g/mol. The molecule has 0 saturated heterocycles. The predicted octanol–water partition coefficient (Wildman–Crippen LogP) is 5.02. The fourth-order valence-electron chi connectivity index (χ4n) is 4.14. The molecule has 2 aliphatic rings. The van der Waals surface area contributed by atoms with Crippen LogP contribution in [0.5, 0.6) is 0 Å². The minimum atomic E-state index is 0.396. The zero-order valence-corrected chi connectivity index (χ0v) is 12.7. The summed E-state index contributed by atoms with van der Waals surface area (Å²) in [7, 11) is 0. The number of fused-ring (bicyclic) bond motifs is 3. The summed E-state index contributed by atoms with van der Waals surface area (Å²) >= 11 is 0. The molecule has 0 heteroatoms. The molecule has 98 valence electrons. The normalized spacial score (nSPS) is 34.6. The van der Waals surface area contributed by atoms with Crippen LogP contribution in [0.4, 0.5) is 0 Å². The number of benzene rings is 1. The third-order valence-electron chi connectivity index (χ3n) is 6.43. The van der Waals surface area contributed by atoms with Gasteiger partial charge in [-0.3, -0.25) is 0 Å². The molecular weight excluding hydrogens is 216 g/mol. The van der Waals surface area contributed by atoms with Gasteiger partial charge in [-0.2, -0.15) is 0 Å². The third kappa shape index (κ3) is 1.13. The summed E-state index contributed by atoms with van der Waals surface area (Å²) in [6.07, 6.45) is 2.56. The Bertz CT molecular complexity index is 466. The van der Waals surface area contributed by atoms with E-state index in [0.717, 1.165) is 11.8 Å². The molecule has 0 nitrogen and oxygen atoms in total. The van der Waals surface area contributed by atoms with E-state index in [0.29, 0.717) is 10.8 Å². The Hall–Kier alpha value is -0.780. The Labute approximate surface area is 112 Å². The Morgan fingerprint density at radius 3 is 1.44 bits per heavy atom. The molecule has 4 unspecified atom stereocenters. The van der Waals surface area contributed by atoms with Crippen LogP contribution in [0.2, 0.25) is 0 Å². The van der Waals surface area contributed by atoms with Gasteiger partial charge in [-0.25, -0.2) is 0 Å². The van der Waals surface area contributed by atoms with E-state index in [1.165, 1.54) is 12.8 Å². The molecule has 0 aromatic heterocycles. The quantitative estimate of drug-likeness (QED) is 0.695. The first-order chi connectivity index (χ1) is 8.43. The maximum Gasteiger partial charge on any atom is 0.0209 e. The summed E-state index contributed by atoms with van der Waals surface area (Å²) in [6.45, 7) is 14.4. The Morgan fingerprint density at radius 1 is 0.833 bits per heavy atom. The molecule has 1 aromatic rings. The predicted molar refractivity (Wildman–Crippen MR) is 78.3 cm³/mol. The molecule has 0 heterocycles. The molecule has 0 saturated carbocycles. The van der Waals surface area contributed by atoms with Crippen molar-refractivity contribution in [3.05, 3.63) is 34.4 Å². The van der Waals surface area contributed by atoms with Crippen LogP contribution in [0.15, 0.2) is 12.1 Å². The highest BCUT2D eigenvalue weighted by Gasteiger charge is 2.61. The van der Waals surface area contributed by atoms with Gasteiger partial charge < -0.3 is 0 Å². The van der Waals surface area contributed by atoms with E-state index < -0.39 is 0 Å². The van der Waals surface area contributed by atoms with E-state index in [9.17, 15) is 0 Å². The van der Waals surface area contributed by atoms with Crippen LogP contribution < -0.4 is 0 Å². The van der Waals surface area contributed by atoms with Crippen molar-refractivity contribution in [2.75, 3.05) is 0 Å². The van der Waals surface area contributed by atoms with E-state index in [1.807, 2.05) is 0 Å². The lowest BCUT2D eigenvalue weighted by molar-refractivity contribution is 0.413. The van der Waals surface area contributed by atoms with Crippen molar-refractivity contribution in [3.63, 3.8) is 0 Å². The lowest BCUT2D eigenvalue weighted by atomic mass is 9.82. The summed E-state index contributed by atoms with van der Waals surface area (Å²) in [5.41, 5.74) is 7.51. The molecule has 0 bridgehead atoms. The van der Waals surface area contributed by atoms with Gasteiger partial charge in [0.1, 0.15) is 0 Å². The van der Waals surface area contributed by atoms with Crippen LogP contribution in [0.25, 0.3) is 0 Å². The van der Waals surface area contributed by atoms with Crippen LogP contribution in [-0.2, 0) is 10.8 Å². The SMILES string of the molecule is CCC(C)C1(C)c2ccc3c(c21)C3(C)C(C)CC. The molecule has 0 N–H and O–H groups in total. The van der Waals surface area contributed by atoms with Crippen molar-refractivity contribution < 1.29 is 0 Å². The Kier molecular flexibility index (Phi) is 2.32. The second-order valence-electron chi connectivity index (χ2n) is 6.93. The molecule has 0 amide bonds. The Balaban J connectivity index is 2.01. The highest BCUT2D eigenvalue weighted by molar-refractivity contribution is 5.77. The van der Waals surface area contributed by atoms with E-state index in [4.69, 9.17) is 0 Å². The first-order valence-corrected chi connectivity index (χ1v) is 7.62. The number of rotatable bonds is 4. The van der Waals surface area contributed by atoms with Crippen LogP contribution in [0.1, 0.15) is 76.6 Å². The van der Waals surface area contributed by atoms with Crippen molar-refractivity contribution in [1.29, 1.82) is 0 Å². The van der Waals surface area contributed by atoms with E-state index >= 15 is 0 Å². The minimum Gasteiger partial charge on any atom is -0.0651 e. The summed E-state index contributed by atoms with van der Waals surface area (Å²) in [6, 6.07) is 4.82. The first kappa shape index (κ1) is 12.3. The highest BCUT2D eigenvalue weighted by atomic mass is 14.6. The van der Waals surface area contributed by atoms with Gasteiger partial charge >= 0.3 is 0 Å². The molecule has 0 aliphatic heterocycles. The standard InChI is InChI=1S/C18H26/c1-7-11(3)17(5)13-9-10-14-16(15(13)17)18(14,6)12(4)8-2/h9-12H,7-8H2,1-6H3. The zero-order chi connectivity index (χ0) is 13.3. The fraction of sp³-hybridized carbons (Fsp3) is 0.667.